The topological polar surface area (TPSA) is 148 Å². The van der Waals surface area contributed by atoms with Crippen LogP contribution in [0.3, 0.4) is 0 Å². The van der Waals surface area contributed by atoms with Crippen molar-refractivity contribution in [2.45, 2.75) is 52.7 Å². The maximum absolute atomic E-state index is 12.8. The van der Waals surface area contributed by atoms with Crippen LogP contribution in [0.2, 0.25) is 0 Å². The Morgan fingerprint density at radius 3 is 2.22 bits per heavy atom. The van der Waals surface area contributed by atoms with Crippen LogP contribution in [-0.4, -0.2) is 60.4 Å². The van der Waals surface area contributed by atoms with Crippen molar-refractivity contribution in [1.82, 2.24) is 10.6 Å². The van der Waals surface area contributed by atoms with Crippen LogP contribution in [0.15, 0.2) is 35.3 Å². The average molecular weight is 583 g/mol. The summed E-state index contributed by atoms with van der Waals surface area (Å²) in [5, 5.41) is 13.9. The predicted octanol–water partition coefficient (Wildman–Crippen LogP) is 3.16. The molecule has 2 amide bonds. The number of carboxylic acid groups (broad SMARTS) is 1. The Hall–Kier alpha value is -3.05. The molecule has 0 aliphatic rings. The van der Waals surface area contributed by atoms with Gasteiger partial charge in [0.2, 0.25) is 5.91 Å². The van der Waals surface area contributed by atoms with Crippen LogP contribution in [0.4, 0.5) is 4.79 Å². The van der Waals surface area contributed by atoms with Gasteiger partial charge in [0.25, 0.3) is 5.91 Å². The van der Waals surface area contributed by atoms with Gasteiger partial charge in [-0.3, -0.25) is 19.2 Å². The standard InChI is InChI=1S/C26H35BrN2O8/c1-16(2)22(14-21(30)9-11-36-12-10-28-24(32)17(3)27)25(33)29-18(4)23(31)13-19-5-7-20(8-6-19)15-37-26(34)35/h5-8,16,18,22H,3,9-15H2,1-2,4H3,(H,28,32)(H,29,33)(H,34,35)/t18-,22-/m0/s1. The third kappa shape index (κ3) is 13.2. The Balaban J connectivity index is 2.47. The summed E-state index contributed by atoms with van der Waals surface area (Å²) in [6, 6.07) is 6.02. The highest BCUT2D eigenvalue weighted by Gasteiger charge is 2.27. The molecule has 204 valence electrons. The van der Waals surface area contributed by atoms with Gasteiger partial charge in [-0.05, 0) is 39.9 Å². The quantitative estimate of drug-likeness (QED) is 0.144. The fourth-order valence-electron chi connectivity index (χ4n) is 3.25. The van der Waals surface area contributed by atoms with Crippen molar-refractivity contribution >= 4 is 45.5 Å². The molecule has 0 heterocycles. The minimum absolute atomic E-state index is 0.0355. The van der Waals surface area contributed by atoms with E-state index in [-0.39, 0.29) is 79.4 Å². The fraction of sp³-hybridized carbons (Fsp3) is 0.500. The molecule has 0 fully saturated rings. The third-order valence-electron chi connectivity index (χ3n) is 5.50. The Morgan fingerprint density at radius 2 is 1.65 bits per heavy atom. The number of hydrogen-bond acceptors (Lipinski definition) is 7. The third-order valence-corrected chi connectivity index (χ3v) is 5.86. The molecule has 0 aliphatic carbocycles. The van der Waals surface area contributed by atoms with Gasteiger partial charge in [0.1, 0.15) is 12.4 Å². The van der Waals surface area contributed by atoms with E-state index in [0.717, 1.165) is 5.56 Å². The number of benzene rings is 1. The molecule has 37 heavy (non-hydrogen) atoms. The Kier molecular flexibility index (Phi) is 14.4. The van der Waals surface area contributed by atoms with E-state index in [1.807, 2.05) is 13.8 Å². The number of nitrogens with one attached hydrogen (secondary N) is 2. The molecule has 0 radical (unpaired) electrons. The van der Waals surface area contributed by atoms with E-state index in [9.17, 15) is 24.0 Å². The van der Waals surface area contributed by atoms with Gasteiger partial charge in [0, 0.05) is 31.7 Å². The Morgan fingerprint density at radius 1 is 1.03 bits per heavy atom. The molecular formula is C26H35BrN2O8. The number of rotatable bonds is 17. The highest BCUT2D eigenvalue weighted by Crippen LogP contribution is 2.18. The molecule has 0 unspecified atom stereocenters. The first-order chi connectivity index (χ1) is 17.4. The zero-order valence-electron chi connectivity index (χ0n) is 21.4. The lowest BCUT2D eigenvalue weighted by Crippen LogP contribution is -2.44. The van der Waals surface area contributed by atoms with Crippen LogP contribution in [-0.2, 0) is 41.7 Å². The Labute approximate surface area is 225 Å². The molecule has 0 saturated heterocycles. The predicted molar refractivity (Wildman–Crippen MR) is 140 cm³/mol. The van der Waals surface area contributed by atoms with Gasteiger partial charge in [-0.25, -0.2) is 4.79 Å². The summed E-state index contributed by atoms with van der Waals surface area (Å²) in [5.74, 6) is -1.71. The molecule has 0 spiro atoms. The maximum atomic E-state index is 12.8. The number of hydrogen-bond donors (Lipinski definition) is 3. The minimum atomic E-state index is -1.36. The minimum Gasteiger partial charge on any atom is -0.450 e. The van der Waals surface area contributed by atoms with Crippen LogP contribution in [0.5, 0.6) is 0 Å². The molecular weight excluding hydrogens is 548 g/mol. The van der Waals surface area contributed by atoms with Crippen molar-refractivity contribution in [3.05, 3.63) is 46.5 Å². The van der Waals surface area contributed by atoms with Crippen LogP contribution in [0, 0.1) is 11.8 Å². The van der Waals surface area contributed by atoms with Crippen molar-refractivity contribution in [2.24, 2.45) is 11.8 Å². The fourth-order valence-corrected chi connectivity index (χ4v) is 3.39. The van der Waals surface area contributed by atoms with Gasteiger partial charge in [0.15, 0.2) is 5.78 Å². The van der Waals surface area contributed by atoms with E-state index in [4.69, 9.17) is 9.84 Å². The SMILES string of the molecule is C=C(Br)C(=O)NCCOCCC(=O)C[C@H](C(=O)N[C@@H](C)C(=O)Cc1ccc(COC(=O)O)cc1)C(C)C. The van der Waals surface area contributed by atoms with Crippen molar-refractivity contribution in [3.8, 4) is 0 Å². The monoisotopic (exact) mass is 582 g/mol. The average Bonchev–Trinajstić information content (AvgIpc) is 2.83. The molecule has 1 aromatic carbocycles. The van der Waals surface area contributed by atoms with Gasteiger partial charge >= 0.3 is 6.16 Å². The van der Waals surface area contributed by atoms with E-state index in [1.54, 1.807) is 31.2 Å². The van der Waals surface area contributed by atoms with Gasteiger partial charge in [-0.15, -0.1) is 0 Å². The summed E-state index contributed by atoms with van der Waals surface area (Å²) in [4.78, 5) is 59.7. The molecule has 1 rings (SSSR count). The summed E-state index contributed by atoms with van der Waals surface area (Å²) < 4.78 is 10.1. The van der Waals surface area contributed by atoms with Crippen LogP contribution in [0.25, 0.3) is 0 Å². The van der Waals surface area contributed by atoms with Crippen LogP contribution >= 0.6 is 15.9 Å². The second kappa shape index (κ2) is 16.6. The molecule has 2 atom stereocenters. The largest absolute Gasteiger partial charge is 0.506 e. The van der Waals surface area contributed by atoms with Crippen molar-refractivity contribution < 1.29 is 38.6 Å². The number of halogens is 1. The number of ether oxygens (including phenoxy) is 2. The number of amides is 2. The first-order valence-corrected chi connectivity index (χ1v) is 12.7. The molecule has 0 aromatic heterocycles. The summed E-state index contributed by atoms with van der Waals surface area (Å²) in [6.07, 6.45) is -1.10. The maximum Gasteiger partial charge on any atom is 0.506 e. The lowest BCUT2D eigenvalue weighted by Gasteiger charge is -2.22. The van der Waals surface area contributed by atoms with E-state index in [1.165, 1.54) is 0 Å². The van der Waals surface area contributed by atoms with Crippen molar-refractivity contribution in [2.75, 3.05) is 19.8 Å². The van der Waals surface area contributed by atoms with E-state index >= 15 is 0 Å². The summed E-state index contributed by atoms with van der Waals surface area (Å²) in [7, 11) is 0. The summed E-state index contributed by atoms with van der Waals surface area (Å²) in [5.41, 5.74) is 1.37. The van der Waals surface area contributed by atoms with Gasteiger partial charge in [-0.1, -0.05) is 44.7 Å². The molecule has 1 aromatic rings. The highest BCUT2D eigenvalue weighted by molar-refractivity contribution is 9.12. The molecule has 11 heteroatoms. The lowest BCUT2D eigenvalue weighted by molar-refractivity contribution is -0.133. The van der Waals surface area contributed by atoms with Crippen molar-refractivity contribution in [1.29, 1.82) is 0 Å². The number of ketones is 2. The zero-order chi connectivity index (χ0) is 28.0. The Bertz CT molecular complexity index is 962. The summed E-state index contributed by atoms with van der Waals surface area (Å²) >= 11 is 2.97. The van der Waals surface area contributed by atoms with Crippen LogP contribution < -0.4 is 10.6 Å². The molecule has 0 bridgehead atoms. The van der Waals surface area contributed by atoms with E-state index in [0.29, 0.717) is 5.56 Å². The molecule has 0 saturated carbocycles. The first-order valence-electron chi connectivity index (χ1n) is 11.9. The van der Waals surface area contributed by atoms with E-state index in [2.05, 4.69) is 37.9 Å². The second-order valence-electron chi connectivity index (χ2n) is 8.86. The molecule has 10 nitrogen and oxygen atoms in total. The van der Waals surface area contributed by atoms with E-state index < -0.39 is 18.1 Å². The first kappa shape index (κ1) is 32.0. The van der Waals surface area contributed by atoms with Crippen molar-refractivity contribution in [3.63, 3.8) is 0 Å². The molecule has 0 aliphatic heterocycles. The second-order valence-corrected chi connectivity index (χ2v) is 9.82. The van der Waals surface area contributed by atoms with Gasteiger partial charge < -0.3 is 25.2 Å². The molecule has 3 N–H and O–H groups in total. The smallest absolute Gasteiger partial charge is 0.450 e. The number of carbonyl (C=O) groups is 5. The highest BCUT2D eigenvalue weighted by atomic mass is 79.9. The normalized spacial score (nSPS) is 12.4. The number of carbonyl (C=O) groups excluding carboxylic acids is 4. The lowest BCUT2D eigenvalue weighted by atomic mass is 9.88. The van der Waals surface area contributed by atoms with Gasteiger partial charge in [0.05, 0.1) is 23.7 Å². The number of Topliss-reactive ketones (excluding diaryl/α,β-unsaturated/α-hetero) is 2. The van der Waals surface area contributed by atoms with Gasteiger partial charge in [-0.2, -0.15) is 0 Å². The zero-order valence-corrected chi connectivity index (χ0v) is 23.0. The summed E-state index contributed by atoms with van der Waals surface area (Å²) in [6.45, 7) is 9.36. The van der Waals surface area contributed by atoms with Crippen LogP contribution in [0.1, 0.15) is 44.7 Å².